The average molecular weight is 2010 g/mol. The maximum absolute atomic E-state index is 12.7. The number of hydrogen-bond acceptors (Lipinski definition) is 20. The molecule has 0 spiro atoms. The van der Waals surface area contributed by atoms with E-state index in [2.05, 4.69) is 219 Å². The van der Waals surface area contributed by atoms with Gasteiger partial charge in [-0.25, -0.2) is 0 Å². The smallest absolute Gasteiger partial charge is 0.296 e. The Morgan fingerprint density at radius 2 is 0.685 bits per heavy atom. The summed E-state index contributed by atoms with van der Waals surface area (Å²) in [4.78, 5) is 69.7. The standard InChI is InChI=1S/C23H30N2O2.2C22H28N2O2.C19H24N2O.C13H17NO.C8H19N.C8H10O3S.C6H7NO.CH4/c1-3-23(26)25(21-10-7-11-22(18-21)27-2)20-13-16-24(17-14-20)15-12-19-8-5-4-6-9-19;2*1-2-22(26)24(20-9-6-10-21(25)17-20)19-12-15-23(16-13-19)14-11-18-7-4-3-5-8-18;22-19-8-4-7-18(15-19)20-17-10-13-21(14-11-17)12-9-16-5-2-1-3-6-16;15-13-7-10-14(11-8-13)9-6-12-4-2-1-3-5-12;1-6-9(7(2)3)8(4)5;1-7-3-5-8(6-4-7)12(9,10)11-2;7-5-2-1-3-6(8)4-5;/h4-11,18,20H,3,12-17H2,1-2H3;2*3-10,17,19,25H,2,11-16H2,1H3;1-8,15,17,20,22H,9-14H2;1-5H,6-11H2;7-8H,6H2,1-5H3;3-6H,1-2H3;1-4,8H,7H2;1H4. The number of anilines is 5. The van der Waals surface area contributed by atoms with Gasteiger partial charge in [0.1, 0.15) is 34.5 Å². The van der Waals surface area contributed by atoms with Crippen molar-refractivity contribution >= 4 is 62.1 Å². The summed E-state index contributed by atoms with van der Waals surface area (Å²) in [5, 5.41) is 41.4. The molecule has 5 saturated heterocycles. The number of rotatable bonds is 32. The zero-order valence-corrected chi connectivity index (χ0v) is 88.7. The summed E-state index contributed by atoms with van der Waals surface area (Å²) in [5.41, 5.74) is 17.4. The van der Waals surface area contributed by atoms with Crippen LogP contribution in [0.4, 0.5) is 28.4 Å². The van der Waals surface area contributed by atoms with Gasteiger partial charge >= 0.3 is 0 Å². The van der Waals surface area contributed by atoms with Gasteiger partial charge in [-0.15, -0.1) is 0 Å². The maximum Gasteiger partial charge on any atom is 0.296 e. The lowest BCUT2D eigenvalue weighted by Crippen LogP contribution is -2.47. The Balaban J connectivity index is 0.000000209. The fourth-order valence-corrected chi connectivity index (χ4v) is 19.6. The molecule has 0 bridgehead atoms. The molecule has 0 unspecified atom stereocenters. The van der Waals surface area contributed by atoms with Crippen LogP contribution in [-0.4, -0.2) is 237 Å². The van der Waals surface area contributed by atoms with Gasteiger partial charge < -0.3 is 75.4 Å². The molecule has 0 aromatic heterocycles. The van der Waals surface area contributed by atoms with Crippen LogP contribution < -0.4 is 30.5 Å². The third-order valence-corrected chi connectivity index (χ3v) is 28.4. The fraction of sp³-hybridized carbons (Fsp3) is 0.426. The van der Waals surface area contributed by atoms with E-state index in [1.807, 2.05) is 97.0 Å². The number of benzene rings is 11. The molecule has 11 aromatic rings. The van der Waals surface area contributed by atoms with Crippen LogP contribution in [0, 0.1) is 6.92 Å². The van der Waals surface area contributed by atoms with Gasteiger partial charge in [0.25, 0.3) is 10.1 Å². The summed E-state index contributed by atoms with van der Waals surface area (Å²) in [7, 11) is -0.704. The number of aromatic hydroxyl groups is 4. The Bertz CT molecular complexity index is 5450. The van der Waals surface area contributed by atoms with Crippen molar-refractivity contribution in [2.75, 3.05) is 145 Å². The molecule has 146 heavy (non-hydrogen) atoms. The van der Waals surface area contributed by atoms with Gasteiger partial charge in [0.2, 0.25) is 17.7 Å². The maximum atomic E-state index is 12.7. The molecular formula is C122H167N11O12S. The minimum Gasteiger partial charge on any atom is -0.508 e. The Labute approximate surface area is 873 Å². The molecule has 23 nitrogen and oxygen atoms in total. The first-order valence-electron chi connectivity index (χ1n) is 52.4. The van der Waals surface area contributed by atoms with Crippen molar-refractivity contribution in [3.05, 3.63) is 331 Å². The number of amides is 3. The van der Waals surface area contributed by atoms with Crippen LogP contribution in [0.15, 0.2) is 302 Å². The van der Waals surface area contributed by atoms with Crippen molar-refractivity contribution in [1.29, 1.82) is 0 Å². The van der Waals surface area contributed by atoms with Crippen LogP contribution in [0.5, 0.6) is 28.7 Å². The van der Waals surface area contributed by atoms with E-state index >= 15 is 0 Å². The number of ketones is 1. The first-order valence-corrected chi connectivity index (χ1v) is 53.8. The van der Waals surface area contributed by atoms with E-state index in [0.717, 1.165) is 242 Å². The van der Waals surface area contributed by atoms with Crippen molar-refractivity contribution in [2.45, 2.75) is 226 Å². The number of aryl methyl sites for hydroxylation is 1. The van der Waals surface area contributed by atoms with E-state index in [1.54, 1.807) is 86.0 Å². The molecule has 3 amide bonds. The third-order valence-electron chi connectivity index (χ3n) is 27.1. The molecule has 11 aromatic carbocycles. The number of nitrogens with two attached hydrogens (primary N) is 1. The van der Waals surface area contributed by atoms with Crippen LogP contribution in [0.1, 0.15) is 180 Å². The van der Waals surface area contributed by atoms with Crippen LogP contribution in [0.3, 0.4) is 0 Å². The summed E-state index contributed by atoms with van der Waals surface area (Å²) in [6, 6.07) is 97.9. The van der Waals surface area contributed by atoms with Crippen LogP contribution in [0.25, 0.3) is 0 Å². The van der Waals surface area contributed by atoms with Crippen LogP contribution in [0.2, 0.25) is 0 Å². The van der Waals surface area contributed by atoms with E-state index in [0.29, 0.717) is 54.6 Å². The van der Waals surface area contributed by atoms with Gasteiger partial charge in [-0.05, 0) is 225 Å². The summed E-state index contributed by atoms with van der Waals surface area (Å²) >= 11 is 0. The number of hydrogen-bond donors (Lipinski definition) is 6. The first kappa shape index (κ1) is 119. The quantitative estimate of drug-likeness (QED) is 0.0169. The topological polar surface area (TPSA) is 269 Å². The Morgan fingerprint density at radius 1 is 0.384 bits per heavy atom. The SMILES string of the molecule is C.CCC(=O)N(c1cccc(O)c1)C1CCN(CCc2ccccc2)CC1.CCC(=O)N(c1cccc(O)c1)C1CCN(CCc2ccccc2)CC1.CCC(=O)N(c1cccc(OC)c1)C1CCN(CCc2ccccc2)CC1.CCN(C(C)C)C(C)C.COS(=O)(=O)c1ccc(C)cc1.Nc1cccc(O)c1.O=C1CCN(CCc2ccccc2)CC1.Oc1cccc(NC2CCN(CCc3ccccc3)CC2)c1. The van der Waals surface area contributed by atoms with E-state index < -0.39 is 10.1 Å². The van der Waals surface area contributed by atoms with Crippen molar-refractivity contribution in [2.24, 2.45) is 0 Å². The third kappa shape index (κ3) is 42.7. The molecular weight excluding hydrogens is 1840 g/mol. The first-order chi connectivity index (χ1) is 70.1. The number of carbonyl (C=O) groups is 4. The second kappa shape index (κ2) is 65.4. The lowest BCUT2D eigenvalue weighted by Gasteiger charge is -2.38. The van der Waals surface area contributed by atoms with Crippen LogP contribution in [-0.2, 0) is 65.6 Å². The van der Waals surface area contributed by atoms with Gasteiger partial charge in [0.05, 0.1) is 19.1 Å². The van der Waals surface area contributed by atoms with Gasteiger partial charge in [-0.2, -0.15) is 8.42 Å². The Hall–Kier alpha value is -12.2. The molecule has 0 aliphatic carbocycles. The lowest BCUT2D eigenvalue weighted by atomic mass is 10.0. The van der Waals surface area contributed by atoms with Gasteiger partial charge in [-0.3, -0.25) is 28.3 Å². The van der Waals surface area contributed by atoms with E-state index in [4.69, 9.17) is 15.6 Å². The zero-order chi connectivity index (χ0) is 104. The Morgan fingerprint density at radius 3 is 0.966 bits per heavy atom. The summed E-state index contributed by atoms with van der Waals surface area (Å²) in [6.07, 6.45) is 16.6. The number of nitrogen functional groups attached to an aromatic ring is 1. The van der Waals surface area contributed by atoms with E-state index in [9.17, 15) is 42.9 Å². The number of phenolic OH excluding ortho intramolecular Hbond substituents is 4. The highest BCUT2D eigenvalue weighted by Gasteiger charge is 2.33. The number of piperidine rings is 5. The van der Waals surface area contributed by atoms with Crippen LogP contribution >= 0.6 is 0 Å². The highest BCUT2D eigenvalue weighted by molar-refractivity contribution is 7.86. The highest BCUT2D eigenvalue weighted by atomic mass is 32.2. The minimum atomic E-state index is -3.51. The number of phenols is 4. The van der Waals surface area contributed by atoms with E-state index in [1.165, 1.54) is 46.0 Å². The summed E-state index contributed by atoms with van der Waals surface area (Å²) in [5.74, 6) is 2.60. The van der Waals surface area contributed by atoms with Crippen molar-refractivity contribution in [1.82, 2.24) is 29.4 Å². The molecule has 5 aliphatic rings. The number of likely N-dealkylation sites (tertiary alicyclic amines) is 5. The van der Waals surface area contributed by atoms with Gasteiger partial charge in [0.15, 0.2) is 0 Å². The largest absolute Gasteiger partial charge is 0.508 e. The molecule has 16 rings (SSSR count). The zero-order valence-electron chi connectivity index (χ0n) is 87.9. The normalized spacial score (nSPS) is 15.0. The molecule has 5 aliphatic heterocycles. The number of nitrogens with one attached hydrogen (secondary N) is 1. The summed E-state index contributed by atoms with van der Waals surface area (Å²) < 4.78 is 31.9. The molecule has 0 radical (unpaired) electrons. The lowest BCUT2D eigenvalue weighted by molar-refractivity contribution is -0.121. The molecule has 5 fully saturated rings. The van der Waals surface area contributed by atoms with Gasteiger partial charge in [-0.1, -0.05) is 235 Å². The predicted molar refractivity (Wildman–Crippen MR) is 601 cm³/mol. The summed E-state index contributed by atoms with van der Waals surface area (Å²) in [6.45, 7) is 35.6. The van der Waals surface area contributed by atoms with Gasteiger partial charge in [0, 0.05) is 225 Å². The Kier molecular flexibility index (Phi) is 53.3. The fourth-order valence-electron chi connectivity index (χ4n) is 18.9. The number of ether oxygens (including phenoxy) is 1. The number of nitrogens with zero attached hydrogens (tertiary/aromatic N) is 9. The number of Topliss-reactive ketones (excluding diaryl/α,β-unsaturated/α-hetero) is 1. The minimum absolute atomic E-state index is 0. The molecule has 24 heteroatoms. The monoisotopic (exact) mass is 2010 g/mol. The predicted octanol–water partition coefficient (Wildman–Crippen LogP) is 22.3. The van der Waals surface area contributed by atoms with Crippen molar-refractivity contribution in [3.8, 4) is 28.7 Å². The second-order valence-corrected chi connectivity index (χ2v) is 39.9. The molecule has 7 N–H and O–H groups in total. The highest BCUT2D eigenvalue weighted by Crippen LogP contribution is 2.33. The van der Waals surface area contributed by atoms with Crippen molar-refractivity contribution in [3.63, 3.8) is 0 Å². The molecule has 0 saturated carbocycles. The molecule has 788 valence electrons. The second-order valence-electron chi connectivity index (χ2n) is 38.2. The number of methoxy groups -OCH3 is 1. The van der Waals surface area contributed by atoms with E-state index in [-0.39, 0.29) is 65.4 Å². The molecule has 5 heterocycles. The van der Waals surface area contributed by atoms with Crippen molar-refractivity contribution < 1.29 is 56.9 Å². The molecule has 0 atom stereocenters. The average Bonchev–Trinajstić information content (AvgIpc) is 0.824. The number of carbonyl (C=O) groups excluding carboxylic acids is 4.